The maximum absolute atomic E-state index is 13.1. The molecule has 0 aromatic heterocycles. The Morgan fingerprint density at radius 1 is 1.14 bits per heavy atom. The molecule has 2 aromatic carbocycles. The Bertz CT molecular complexity index is 912. The molecule has 0 aliphatic carbocycles. The average Bonchev–Trinajstić information content (AvgIpc) is 2.72. The molecule has 2 aromatic rings. The Balaban J connectivity index is 1.67. The van der Waals surface area contributed by atoms with Crippen molar-refractivity contribution in [3.8, 4) is 5.75 Å². The van der Waals surface area contributed by atoms with E-state index in [9.17, 15) is 13.2 Å². The summed E-state index contributed by atoms with van der Waals surface area (Å²) in [5.41, 5.74) is 1.76. The largest absolute Gasteiger partial charge is 0.484 e. The fourth-order valence-corrected chi connectivity index (χ4v) is 4.63. The molecule has 0 fully saturated rings. The molecule has 7 nitrogen and oxygen atoms in total. The molecular formula is C20H24N2O5S. The number of amides is 1. The minimum atomic E-state index is -3.66. The lowest BCUT2D eigenvalue weighted by Gasteiger charge is -2.30. The number of ether oxygens (including phenoxy) is 1. The van der Waals surface area contributed by atoms with Crippen molar-refractivity contribution >= 4 is 21.6 Å². The van der Waals surface area contributed by atoms with Crippen molar-refractivity contribution in [2.24, 2.45) is 0 Å². The van der Waals surface area contributed by atoms with Crippen LogP contribution in [0.3, 0.4) is 0 Å². The van der Waals surface area contributed by atoms with Gasteiger partial charge in [-0.15, -0.1) is 0 Å². The van der Waals surface area contributed by atoms with Crippen LogP contribution in [0.25, 0.3) is 0 Å². The number of anilines is 1. The lowest BCUT2D eigenvalue weighted by atomic mass is 10.0. The van der Waals surface area contributed by atoms with Crippen LogP contribution in [0.5, 0.6) is 5.75 Å². The minimum absolute atomic E-state index is 0.0125. The first kappa shape index (κ1) is 20.2. The molecule has 0 spiro atoms. The molecule has 1 aliphatic heterocycles. The molecule has 0 radical (unpaired) electrons. The van der Waals surface area contributed by atoms with Gasteiger partial charge in [0.05, 0.1) is 10.6 Å². The lowest BCUT2D eigenvalue weighted by molar-refractivity contribution is -0.123. The van der Waals surface area contributed by atoms with E-state index in [0.717, 1.165) is 24.1 Å². The highest BCUT2D eigenvalue weighted by Crippen LogP contribution is 2.32. The number of para-hydroxylation sites is 1. The topological polar surface area (TPSA) is 95.9 Å². The molecule has 0 saturated heterocycles. The van der Waals surface area contributed by atoms with E-state index in [1.807, 2.05) is 24.3 Å². The normalized spacial score (nSPS) is 13.7. The van der Waals surface area contributed by atoms with E-state index in [2.05, 4.69) is 5.32 Å². The van der Waals surface area contributed by atoms with E-state index in [0.29, 0.717) is 25.3 Å². The molecule has 0 atom stereocenters. The van der Waals surface area contributed by atoms with Crippen LogP contribution in [-0.4, -0.2) is 45.7 Å². The maximum Gasteiger partial charge on any atom is 0.264 e. The van der Waals surface area contributed by atoms with Crippen LogP contribution in [-0.2, 0) is 21.2 Å². The molecule has 1 heterocycles. The van der Waals surface area contributed by atoms with Gasteiger partial charge in [0.25, 0.3) is 15.9 Å². The molecule has 150 valence electrons. The zero-order chi connectivity index (χ0) is 20.0. The van der Waals surface area contributed by atoms with Crippen molar-refractivity contribution in [2.45, 2.75) is 24.2 Å². The van der Waals surface area contributed by atoms with Gasteiger partial charge in [-0.3, -0.25) is 9.10 Å². The number of benzene rings is 2. The maximum atomic E-state index is 13.1. The van der Waals surface area contributed by atoms with Crippen molar-refractivity contribution < 1.29 is 23.1 Å². The number of carbonyl (C=O) groups is 1. The van der Waals surface area contributed by atoms with Gasteiger partial charge in [-0.1, -0.05) is 18.2 Å². The third-order valence-electron chi connectivity index (χ3n) is 4.51. The van der Waals surface area contributed by atoms with Gasteiger partial charge in [-0.25, -0.2) is 8.42 Å². The molecule has 2 N–H and O–H groups in total. The van der Waals surface area contributed by atoms with Crippen LogP contribution in [0.1, 0.15) is 18.4 Å². The number of aryl methyl sites for hydroxylation is 1. The fraction of sp³-hybridized carbons (Fsp3) is 0.350. The Morgan fingerprint density at radius 2 is 1.89 bits per heavy atom. The van der Waals surface area contributed by atoms with Gasteiger partial charge in [-0.2, -0.15) is 0 Å². The van der Waals surface area contributed by atoms with Crippen LogP contribution >= 0.6 is 0 Å². The summed E-state index contributed by atoms with van der Waals surface area (Å²) in [4.78, 5) is 11.8. The molecule has 0 bridgehead atoms. The van der Waals surface area contributed by atoms with Crippen molar-refractivity contribution in [1.29, 1.82) is 0 Å². The first-order chi connectivity index (χ1) is 13.5. The van der Waals surface area contributed by atoms with E-state index in [-0.39, 0.29) is 24.0 Å². The van der Waals surface area contributed by atoms with Crippen LogP contribution in [0, 0.1) is 0 Å². The quantitative estimate of drug-likeness (QED) is 0.653. The summed E-state index contributed by atoms with van der Waals surface area (Å²) < 4.78 is 33.0. The summed E-state index contributed by atoms with van der Waals surface area (Å²) in [5.74, 6) is 0.116. The summed E-state index contributed by atoms with van der Waals surface area (Å²) in [6.45, 7) is 0.675. The molecule has 1 aliphatic rings. The molecular weight excluding hydrogens is 380 g/mol. The van der Waals surface area contributed by atoms with Crippen LogP contribution in [0.4, 0.5) is 5.69 Å². The van der Waals surface area contributed by atoms with Crippen LogP contribution < -0.4 is 14.4 Å². The SMILES string of the molecule is O=C(COc1ccc(S(=O)(=O)N2CCCc3ccccc32)cc1)NCCCO. The number of rotatable bonds is 8. The van der Waals surface area contributed by atoms with Crippen molar-refractivity contribution in [1.82, 2.24) is 5.32 Å². The van der Waals surface area contributed by atoms with Gasteiger partial charge in [-0.05, 0) is 55.2 Å². The second-order valence-corrected chi connectivity index (χ2v) is 8.36. The van der Waals surface area contributed by atoms with E-state index in [1.165, 1.54) is 16.4 Å². The average molecular weight is 404 g/mol. The molecule has 1 amide bonds. The standard InChI is InChI=1S/C20H24N2O5S/c23-14-4-12-21-20(24)15-27-17-8-10-18(11-9-17)28(25,26)22-13-3-6-16-5-1-2-7-19(16)22/h1-2,5,7-11,23H,3-4,6,12-15H2,(H,21,24). The lowest BCUT2D eigenvalue weighted by Crippen LogP contribution is -2.35. The summed E-state index contributed by atoms with van der Waals surface area (Å²) >= 11 is 0. The van der Waals surface area contributed by atoms with E-state index >= 15 is 0 Å². The van der Waals surface area contributed by atoms with Crippen molar-refractivity contribution in [3.05, 3.63) is 54.1 Å². The number of sulfonamides is 1. The highest BCUT2D eigenvalue weighted by Gasteiger charge is 2.28. The number of aliphatic hydroxyl groups excluding tert-OH is 1. The van der Waals surface area contributed by atoms with E-state index < -0.39 is 10.0 Å². The summed E-state index contributed by atoms with van der Waals surface area (Å²) in [6, 6.07) is 13.6. The fourth-order valence-electron chi connectivity index (χ4n) is 3.09. The molecule has 0 saturated carbocycles. The van der Waals surface area contributed by atoms with E-state index in [1.54, 1.807) is 12.1 Å². The highest BCUT2D eigenvalue weighted by atomic mass is 32.2. The number of hydrogen-bond acceptors (Lipinski definition) is 5. The predicted molar refractivity (Wildman–Crippen MR) is 106 cm³/mol. The Labute approximate surface area is 165 Å². The number of hydrogen-bond donors (Lipinski definition) is 2. The van der Waals surface area contributed by atoms with Crippen molar-refractivity contribution in [3.63, 3.8) is 0 Å². The first-order valence-corrected chi connectivity index (χ1v) is 10.7. The van der Waals surface area contributed by atoms with Crippen molar-refractivity contribution in [2.75, 3.05) is 30.6 Å². The molecule has 28 heavy (non-hydrogen) atoms. The highest BCUT2D eigenvalue weighted by molar-refractivity contribution is 7.92. The monoisotopic (exact) mass is 404 g/mol. The summed E-state index contributed by atoms with van der Waals surface area (Å²) in [6.07, 6.45) is 2.14. The number of carbonyl (C=O) groups excluding carboxylic acids is 1. The van der Waals surface area contributed by atoms with Crippen LogP contribution in [0.15, 0.2) is 53.4 Å². The first-order valence-electron chi connectivity index (χ1n) is 9.23. The van der Waals surface area contributed by atoms with Gasteiger partial charge in [0.1, 0.15) is 5.75 Å². The van der Waals surface area contributed by atoms with Gasteiger partial charge >= 0.3 is 0 Å². The van der Waals surface area contributed by atoms with E-state index in [4.69, 9.17) is 9.84 Å². The third kappa shape index (κ3) is 4.63. The smallest absolute Gasteiger partial charge is 0.264 e. The number of aliphatic hydroxyl groups is 1. The number of nitrogens with one attached hydrogen (secondary N) is 1. The Hall–Kier alpha value is -2.58. The molecule has 3 rings (SSSR count). The predicted octanol–water partition coefficient (Wildman–Crippen LogP) is 1.71. The summed E-state index contributed by atoms with van der Waals surface area (Å²) in [5, 5.41) is 11.3. The number of nitrogens with zero attached hydrogens (tertiary/aromatic N) is 1. The Kier molecular flexibility index (Phi) is 6.53. The minimum Gasteiger partial charge on any atom is -0.484 e. The van der Waals surface area contributed by atoms with Gasteiger partial charge in [0.2, 0.25) is 0 Å². The third-order valence-corrected chi connectivity index (χ3v) is 6.33. The summed E-state index contributed by atoms with van der Waals surface area (Å²) in [7, 11) is -3.66. The van der Waals surface area contributed by atoms with Gasteiger partial charge in [0, 0.05) is 19.7 Å². The van der Waals surface area contributed by atoms with Crippen LogP contribution in [0.2, 0.25) is 0 Å². The van der Waals surface area contributed by atoms with Gasteiger partial charge in [0.15, 0.2) is 6.61 Å². The molecule has 0 unspecified atom stereocenters. The zero-order valence-electron chi connectivity index (χ0n) is 15.5. The number of fused-ring (bicyclic) bond motifs is 1. The Morgan fingerprint density at radius 3 is 2.64 bits per heavy atom. The second-order valence-electron chi connectivity index (χ2n) is 6.50. The zero-order valence-corrected chi connectivity index (χ0v) is 16.3. The second kappa shape index (κ2) is 9.07. The molecule has 8 heteroatoms. The van der Waals surface area contributed by atoms with Gasteiger partial charge < -0.3 is 15.2 Å².